The monoisotopic (exact) mass is 343 g/mol. The lowest BCUT2D eigenvalue weighted by Crippen LogP contribution is -2.02. The first-order chi connectivity index (χ1) is 9.13. The van der Waals surface area contributed by atoms with Gasteiger partial charge in [0.2, 0.25) is 0 Å². The van der Waals surface area contributed by atoms with E-state index in [0.717, 1.165) is 23.4 Å². The summed E-state index contributed by atoms with van der Waals surface area (Å²) in [5.74, 6) is 0.798. The molecule has 0 spiro atoms. The van der Waals surface area contributed by atoms with E-state index < -0.39 is 0 Å². The van der Waals surface area contributed by atoms with Crippen molar-refractivity contribution in [1.82, 2.24) is 15.0 Å². The van der Waals surface area contributed by atoms with Gasteiger partial charge in [0.15, 0.2) is 0 Å². The minimum atomic E-state index is 0.238. The van der Waals surface area contributed by atoms with Gasteiger partial charge in [-0.25, -0.2) is 4.68 Å². The van der Waals surface area contributed by atoms with Gasteiger partial charge in [0, 0.05) is 16.8 Å². The highest BCUT2D eigenvalue weighted by Crippen LogP contribution is 2.25. The zero-order valence-corrected chi connectivity index (χ0v) is 13.1. The number of hydrogen-bond donors (Lipinski definition) is 0. The predicted octanol–water partition coefficient (Wildman–Crippen LogP) is 3.83. The topological polar surface area (TPSA) is 39.9 Å². The summed E-state index contributed by atoms with van der Waals surface area (Å²) in [4.78, 5) is 0.238. The first-order valence-electron chi connectivity index (χ1n) is 6.00. The highest BCUT2D eigenvalue weighted by molar-refractivity contribution is 9.09. The van der Waals surface area contributed by atoms with E-state index in [4.69, 9.17) is 16.3 Å². The Bertz CT molecular complexity index is 559. The maximum atomic E-state index is 6.01. The van der Waals surface area contributed by atoms with Crippen LogP contribution in [0.1, 0.15) is 29.4 Å². The third-order valence-corrected chi connectivity index (χ3v) is 4.16. The first kappa shape index (κ1) is 14.3. The van der Waals surface area contributed by atoms with Gasteiger partial charge >= 0.3 is 0 Å². The molecule has 1 atom stereocenters. The van der Waals surface area contributed by atoms with E-state index >= 15 is 0 Å². The van der Waals surface area contributed by atoms with Crippen LogP contribution in [0.3, 0.4) is 0 Å². The molecule has 1 aromatic heterocycles. The molecular weight excluding hydrogens is 330 g/mol. The predicted molar refractivity (Wildman–Crippen MR) is 79.1 cm³/mol. The Kier molecular flexibility index (Phi) is 4.82. The van der Waals surface area contributed by atoms with E-state index in [-0.39, 0.29) is 4.83 Å². The molecule has 19 heavy (non-hydrogen) atoms. The molecule has 0 fully saturated rings. The molecule has 0 radical (unpaired) electrons. The molecule has 0 amide bonds. The van der Waals surface area contributed by atoms with Crippen molar-refractivity contribution in [3.8, 4) is 5.75 Å². The molecule has 1 aromatic carbocycles. The summed E-state index contributed by atoms with van der Waals surface area (Å²) in [5.41, 5.74) is 1.91. The van der Waals surface area contributed by atoms with Crippen LogP contribution < -0.4 is 4.74 Å². The second-order valence-corrected chi connectivity index (χ2v) is 5.71. The van der Waals surface area contributed by atoms with Crippen LogP contribution in [0.4, 0.5) is 0 Å². The summed E-state index contributed by atoms with van der Waals surface area (Å²) in [6, 6.07) is 5.55. The standard InChI is InChI=1S/C13H15BrClN3O/c1-3-11(14)12-8-18(17-16-12)7-9-6-10(15)4-5-13(9)19-2/h4-6,8,11H,3,7H2,1-2H3. The van der Waals surface area contributed by atoms with E-state index in [1.165, 1.54) is 0 Å². The van der Waals surface area contributed by atoms with E-state index in [1.807, 2.05) is 24.4 Å². The average molecular weight is 345 g/mol. The molecule has 1 heterocycles. The Morgan fingerprint density at radius 1 is 1.47 bits per heavy atom. The fraction of sp³-hybridized carbons (Fsp3) is 0.385. The van der Waals surface area contributed by atoms with Crippen molar-refractivity contribution in [1.29, 1.82) is 0 Å². The zero-order valence-electron chi connectivity index (χ0n) is 10.8. The van der Waals surface area contributed by atoms with Crippen molar-refractivity contribution in [3.63, 3.8) is 0 Å². The van der Waals surface area contributed by atoms with Gasteiger partial charge in [-0.2, -0.15) is 0 Å². The molecule has 0 saturated carbocycles. The van der Waals surface area contributed by atoms with E-state index in [2.05, 4.69) is 33.2 Å². The van der Waals surface area contributed by atoms with Crippen molar-refractivity contribution in [3.05, 3.63) is 40.7 Å². The molecule has 0 aliphatic carbocycles. The van der Waals surface area contributed by atoms with E-state index in [1.54, 1.807) is 11.8 Å². The summed E-state index contributed by atoms with van der Waals surface area (Å²) < 4.78 is 7.10. The number of rotatable bonds is 5. The molecule has 0 saturated heterocycles. The Balaban J connectivity index is 2.21. The van der Waals surface area contributed by atoms with Crippen LogP contribution in [0.2, 0.25) is 5.02 Å². The normalized spacial score (nSPS) is 12.4. The van der Waals surface area contributed by atoms with Crippen LogP contribution in [-0.2, 0) is 6.54 Å². The van der Waals surface area contributed by atoms with Gasteiger partial charge in [0.1, 0.15) is 5.75 Å². The number of alkyl halides is 1. The Labute approximate surface area is 125 Å². The largest absolute Gasteiger partial charge is 0.496 e. The van der Waals surface area contributed by atoms with Crippen LogP contribution >= 0.6 is 27.5 Å². The van der Waals surface area contributed by atoms with E-state index in [9.17, 15) is 0 Å². The number of hydrogen-bond acceptors (Lipinski definition) is 3. The first-order valence-corrected chi connectivity index (χ1v) is 7.30. The lowest BCUT2D eigenvalue weighted by molar-refractivity contribution is 0.407. The van der Waals surface area contributed by atoms with Gasteiger partial charge in [-0.15, -0.1) is 5.10 Å². The molecular formula is C13H15BrClN3O. The van der Waals surface area contributed by atoms with Gasteiger partial charge in [0.25, 0.3) is 0 Å². The molecule has 0 bridgehead atoms. The number of nitrogens with zero attached hydrogens (tertiary/aromatic N) is 3. The van der Waals surface area contributed by atoms with Crippen LogP contribution in [0.5, 0.6) is 5.75 Å². The highest BCUT2D eigenvalue weighted by atomic mass is 79.9. The molecule has 0 N–H and O–H groups in total. The molecule has 0 aliphatic heterocycles. The molecule has 6 heteroatoms. The van der Waals surface area contributed by atoms with Gasteiger partial charge in [-0.3, -0.25) is 0 Å². The highest BCUT2D eigenvalue weighted by Gasteiger charge is 2.11. The summed E-state index contributed by atoms with van der Waals surface area (Å²) in [7, 11) is 1.64. The second kappa shape index (κ2) is 6.39. The molecule has 0 aliphatic rings. The number of aromatic nitrogens is 3. The maximum absolute atomic E-state index is 6.01. The van der Waals surface area contributed by atoms with E-state index in [0.29, 0.717) is 11.6 Å². The van der Waals surface area contributed by atoms with Crippen LogP contribution in [0.15, 0.2) is 24.4 Å². The Morgan fingerprint density at radius 3 is 2.95 bits per heavy atom. The lowest BCUT2D eigenvalue weighted by atomic mass is 10.2. The number of ether oxygens (including phenoxy) is 1. The summed E-state index contributed by atoms with van der Waals surface area (Å²) in [6.45, 7) is 2.68. The number of benzene rings is 1. The third-order valence-electron chi connectivity index (χ3n) is 2.81. The Morgan fingerprint density at radius 2 is 2.26 bits per heavy atom. The van der Waals surface area contributed by atoms with Crippen LogP contribution in [-0.4, -0.2) is 22.1 Å². The summed E-state index contributed by atoms with van der Waals surface area (Å²) >= 11 is 9.57. The number of halogens is 2. The van der Waals surface area contributed by atoms with Crippen molar-refractivity contribution < 1.29 is 4.74 Å². The zero-order chi connectivity index (χ0) is 13.8. The van der Waals surface area contributed by atoms with Gasteiger partial charge < -0.3 is 4.74 Å². The van der Waals surface area contributed by atoms with Crippen LogP contribution in [0.25, 0.3) is 0 Å². The van der Waals surface area contributed by atoms with Crippen LogP contribution in [0, 0.1) is 0 Å². The van der Waals surface area contributed by atoms with Gasteiger partial charge in [0.05, 0.1) is 24.2 Å². The van der Waals surface area contributed by atoms with Gasteiger partial charge in [-0.05, 0) is 24.6 Å². The molecule has 4 nitrogen and oxygen atoms in total. The smallest absolute Gasteiger partial charge is 0.124 e. The molecule has 2 aromatic rings. The summed E-state index contributed by atoms with van der Waals surface area (Å²) in [6.07, 6.45) is 2.91. The second-order valence-electron chi connectivity index (χ2n) is 4.17. The molecule has 1 unspecified atom stereocenters. The summed E-state index contributed by atoms with van der Waals surface area (Å²) in [5, 5.41) is 8.96. The minimum Gasteiger partial charge on any atom is -0.496 e. The lowest BCUT2D eigenvalue weighted by Gasteiger charge is -2.08. The Hall–Kier alpha value is -1.07. The average Bonchev–Trinajstić information content (AvgIpc) is 2.86. The minimum absolute atomic E-state index is 0.238. The quantitative estimate of drug-likeness (QED) is 0.774. The maximum Gasteiger partial charge on any atom is 0.124 e. The van der Waals surface area contributed by atoms with Gasteiger partial charge in [-0.1, -0.05) is 39.7 Å². The molecule has 2 rings (SSSR count). The number of methoxy groups -OCH3 is 1. The SMILES string of the molecule is CCC(Br)c1cn(Cc2cc(Cl)ccc2OC)nn1. The third kappa shape index (κ3) is 3.48. The fourth-order valence-corrected chi connectivity index (χ4v) is 2.19. The molecule has 102 valence electrons. The van der Waals surface area contributed by atoms with Crippen molar-refractivity contribution in [2.75, 3.05) is 7.11 Å². The fourth-order valence-electron chi connectivity index (χ4n) is 1.79. The van der Waals surface area contributed by atoms with Crippen molar-refractivity contribution >= 4 is 27.5 Å². The van der Waals surface area contributed by atoms with Crippen molar-refractivity contribution in [2.24, 2.45) is 0 Å². The van der Waals surface area contributed by atoms with Crippen molar-refractivity contribution in [2.45, 2.75) is 24.7 Å².